The van der Waals surface area contributed by atoms with Gasteiger partial charge in [0, 0.05) is 4.88 Å². The third kappa shape index (κ3) is 3.14. The van der Waals surface area contributed by atoms with Crippen molar-refractivity contribution in [2.24, 2.45) is 0 Å². The predicted molar refractivity (Wildman–Crippen MR) is 101 cm³/mol. The van der Waals surface area contributed by atoms with Crippen molar-refractivity contribution in [3.05, 3.63) is 93.0 Å². The van der Waals surface area contributed by atoms with Gasteiger partial charge in [-0.15, -0.1) is 11.3 Å². The lowest BCUT2D eigenvalue weighted by Gasteiger charge is -2.26. The number of benzene rings is 1. The molecule has 1 aliphatic heterocycles. The molecular formula is C21H16FNO4S. The van der Waals surface area contributed by atoms with Gasteiger partial charge in [0.2, 0.25) is 5.78 Å². The summed E-state index contributed by atoms with van der Waals surface area (Å²) in [6, 6.07) is 11.6. The highest BCUT2D eigenvalue weighted by Crippen LogP contribution is 2.40. The summed E-state index contributed by atoms with van der Waals surface area (Å²) >= 11 is 1.46. The second-order valence-electron chi connectivity index (χ2n) is 6.47. The van der Waals surface area contributed by atoms with E-state index >= 15 is 0 Å². The van der Waals surface area contributed by atoms with Crippen LogP contribution in [0.25, 0.3) is 0 Å². The van der Waals surface area contributed by atoms with Crippen molar-refractivity contribution in [1.29, 1.82) is 0 Å². The molecule has 1 atom stereocenters. The molecule has 28 heavy (non-hydrogen) atoms. The summed E-state index contributed by atoms with van der Waals surface area (Å²) in [6.45, 7) is 1.92. The SMILES string of the molecule is Cc1ccc(C(=O)C2=C(O)C(=O)N(Cc3cccs3)C2c2ccc(F)cc2)o1. The van der Waals surface area contributed by atoms with Crippen LogP contribution in [-0.2, 0) is 11.3 Å². The van der Waals surface area contributed by atoms with Crippen LogP contribution in [0, 0.1) is 12.7 Å². The average molecular weight is 397 g/mol. The minimum atomic E-state index is -0.840. The van der Waals surface area contributed by atoms with Gasteiger partial charge in [-0.2, -0.15) is 0 Å². The molecule has 3 aromatic rings. The molecule has 1 aliphatic rings. The fourth-order valence-corrected chi connectivity index (χ4v) is 4.00. The molecule has 0 bridgehead atoms. The minimum absolute atomic E-state index is 0.0388. The van der Waals surface area contributed by atoms with E-state index in [2.05, 4.69) is 0 Å². The Morgan fingerprint density at radius 2 is 1.96 bits per heavy atom. The molecule has 0 fully saturated rings. The zero-order valence-electron chi connectivity index (χ0n) is 14.9. The Bertz CT molecular complexity index is 1070. The van der Waals surface area contributed by atoms with Crippen molar-refractivity contribution in [1.82, 2.24) is 4.90 Å². The van der Waals surface area contributed by atoms with Crippen LogP contribution in [-0.4, -0.2) is 21.7 Å². The first-order valence-corrected chi connectivity index (χ1v) is 9.46. The van der Waals surface area contributed by atoms with Gasteiger partial charge in [0.15, 0.2) is 11.5 Å². The molecule has 0 saturated carbocycles. The molecule has 142 valence electrons. The van der Waals surface area contributed by atoms with Crippen LogP contribution in [0.5, 0.6) is 0 Å². The third-order valence-corrected chi connectivity index (χ3v) is 5.47. The molecule has 1 aromatic carbocycles. The van der Waals surface area contributed by atoms with E-state index < -0.39 is 29.3 Å². The molecule has 5 nitrogen and oxygen atoms in total. The average Bonchev–Trinajstić information content (AvgIpc) is 3.40. The molecule has 1 N–H and O–H groups in total. The number of hydrogen-bond acceptors (Lipinski definition) is 5. The fourth-order valence-electron chi connectivity index (χ4n) is 3.30. The summed E-state index contributed by atoms with van der Waals surface area (Å²) in [5.41, 5.74) is 0.462. The van der Waals surface area contributed by atoms with Crippen LogP contribution in [0.15, 0.2) is 69.7 Å². The van der Waals surface area contributed by atoms with Crippen molar-refractivity contribution in [2.45, 2.75) is 19.5 Å². The third-order valence-electron chi connectivity index (χ3n) is 4.60. The number of Topliss-reactive ketones (excluding diaryl/α,β-unsaturated/α-hetero) is 1. The Morgan fingerprint density at radius 3 is 2.57 bits per heavy atom. The van der Waals surface area contributed by atoms with E-state index in [-0.39, 0.29) is 17.9 Å². The smallest absolute Gasteiger partial charge is 0.290 e. The van der Waals surface area contributed by atoms with Crippen molar-refractivity contribution >= 4 is 23.0 Å². The number of nitrogens with zero attached hydrogens (tertiary/aromatic N) is 1. The highest BCUT2D eigenvalue weighted by molar-refractivity contribution is 7.09. The quantitative estimate of drug-likeness (QED) is 0.641. The number of ketones is 1. The molecule has 2 aromatic heterocycles. The van der Waals surface area contributed by atoms with Gasteiger partial charge in [-0.1, -0.05) is 18.2 Å². The molecule has 0 radical (unpaired) electrons. The van der Waals surface area contributed by atoms with E-state index in [1.165, 1.54) is 46.6 Å². The van der Waals surface area contributed by atoms with Gasteiger partial charge in [-0.25, -0.2) is 4.39 Å². The van der Waals surface area contributed by atoms with E-state index in [0.717, 1.165) is 4.88 Å². The van der Waals surface area contributed by atoms with Crippen molar-refractivity contribution in [3.8, 4) is 0 Å². The minimum Gasteiger partial charge on any atom is -0.503 e. The maximum atomic E-state index is 13.4. The first-order valence-electron chi connectivity index (χ1n) is 8.59. The maximum Gasteiger partial charge on any atom is 0.290 e. The lowest BCUT2D eigenvalue weighted by atomic mass is 9.95. The number of furan rings is 1. The summed E-state index contributed by atoms with van der Waals surface area (Å²) in [4.78, 5) is 28.2. The molecule has 0 aliphatic carbocycles. The molecular weight excluding hydrogens is 381 g/mol. The summed E-state index contributed by atoms with van der Waals surface area (Å²) in [5.74, 6) is -1.67. The number of amides is 1. The Kier molecular flexibility index (Phi) is 4.60. The Morgan fingerprint density at radius 1 is 1.21 bits per heavy atom. The van der Waals surface area contributed by atoms with E-state index in [4.69, 9.17) is 4.42 Å². The summed E-state index contributed by atoms with van der Waals surface area (Å²) in [6.07, 6.45) is 0. The number of rotatable bonds is 5. The highest BCUT2D eigenvalue weighted by atomic mass is 32.1. The van der Waals surface area contributed by atoms with Crippen LogP contribution < -0.4 is 0 Å². The maximum absolute atomic E-state index is 13.4. The van der Waals surface area contributed by atoms with Crippen LogP contribution in [0.3, 0.4) is 0 Å². The molecule has 3 heterocycles. The largest absolute Gasteiger partial charge is 0.503 e. The number of aryl methyl sites for hydroxylation is 1. The van der Waals surface area contributed by atoms with Crippen molar-refractivity contribution in [2.75, 3.05) is 0 Å². The number of thiophene rings is 1. The Hall–Kier alpha value is -3.19. The predicted octanol–water partition coefficient (Wildman–Crippen LogP) is 4.57. The summed E-state index contributed by atoms with van der Waals surface area (Å²) in [5, 5.41) is 12.4. The van der Waals surface area contributed by atoms with E-state index in [0.29, 0.717) is 11.3 Å². The Labute approximate surface area is 164 Å². The van der Waals surface area contributed by atoms with Crippen LogP contribution in [0.1, 0.15) is 32.8 Å². The van der Waals surface area contributed by atoms with Gasteiger partial charge in [-0.3, -0.25) is 9.59 Å². The van der Waals surface area contributed by atoms with Gasteiger partial charge in [0.05, 0.1) is 18.2 Å². The molecule has 0 spiro atoms. The van der Waals surface area contributed by atoms with Crippen molar-refractivity contribution < 1.29 is 23.5 Å². The van der Waals surface area contributed by atoms with Crippen LogP contribution in [0.2, 0.25) is 0 Å². The van der Waals surface area contributed by atoms with E-state index in [1.54, 1.807) is 13.0 Å². The van der Waals surface area contributed by atoms with E-state index in [1.807, 2.05) is 17.5 Å². The monoisotopic (exact) mass is 397 g/mol. The van der Waals surface area contributed by atoms with Crippen molar-refractivity contribution in [3.63, 3.8) is 0 Å². The summed E-state index contributed by atoms with van der Waals surface area (Å²) < 4.78 is 18.8. The number of hydrogen-bond donors (Lipinski definition) is 1. The number of halogens is 1. The number of carbonyl (C=O) groups excluding carboxylic acids is 2. The number of aliphatic hydroxyl groups is 1. The van der Waals surface area contributed by atoms with Gasteiger partial charge in [0.1, 0.15) is 11.6 Å². The Balaban J connectivity index is 1.80. The lowest BCUT2D eigenvalue weighted by molar-refractivity contribution is -0.130. The van der Waals surface area contributed by atoms with Gasteiger partial charge < -0.3 is 14.4 Å². The zero-order chi connectivity index (χ0) is 19.8. The second kappa shape index (κ2) is 7.09. The lowest BCUT2D eigenvalue weighted by Crippen LogP contribution is -2.30. The second-order valence-corrected chi connectivity index (χ2v) is 7.50. The summed E-state index contributed by atoms with van der Waals surface area (Å²) in [7, 11) is 0. The molecule has 1 unspecified atom stereocenters. The van der Waals surface area contributed by atoms with Gasteiger partial charge in [0.25, 0.3) is 5.91 Å². The van der Waals surface area contributed by atoms with E-state index in [9.17, 15) is 19.1 Å². The molecule has 0 saturated heterocycles. The van der Waals surface area contributed by atoms with Gasteiger partial charge in [-0.05, 0) is 48.2 Å². The van der Waals surface area contributed by atoms with Crippen LogP contribution >= 0.6 is 11.3 Å². The number of carbonyl (C=O) groups is 2. The van der Waals surface area contributed by atoms with Gasteiger partial charge >= 0.3 is 0 Å². The first kappa shape index (κ1) is 18.2. The zero-order valence-corrected chi connectivity index (χ0v) is 15.7. The highest BCUT2D eigenvalue weighted by Gasteiger charge is 2.44. The fraction of sp³-hybridized carbons (Fsp3) is 0.143. The molecule has 1 amide bonds. The topological polar surface area (TPSA) is 70.8 Å². The standard InChI is InChI=1S/C21H16FNO4S/c1-12-4-9-16(27-12)19(24)17-18(13-5-7-14(22)8-6-13)23(21(26)20(17)25)11-15-3-2-10-28-15/h2-10,18,25H,11H2,1H3. The first-order chi connectivity index (χ1) is 13.5. The van der Waals surface area contributed by atoms with Crippen LogP contribution in [0.4, 0.5) is 4.39 Å². The number of aliphatic hydroxyl groups excluding tert-OH is 1. The molecule has 7 heteroatoms. The normalized spacial score (nSPS) is 16.9. The molecule has 4 rings (SSSR count).